The van der Waals surface area contributed by atoms with Gasteiger partial charge >= 0.3 is 0 Å². The summed E-state index contributed by atoms with van der Waals surface area (Å²) in [5.74, 6) is 1.22. The number of amides is 1. The highest BCUT2D eigenvalue weighted by molar-refractivity contribution is 5.79. The normalized spacial score (nSPS) is 14.3. The Hall–Kier alpha value is -1.95. The number of fused-ring (bicyclic) bond motifs is 1. The number of rotatable bonds is 5. The summed E-state index contributed by atoms with van der Waals surface area (Å²) in [6, 6.07) is 3.43. The van der Waals surface area contributed by atoms with Crippen molar-refractivity contribution in [3.05, 3.63) is 17.7 Å². The maximum absolute atomic E-state index is 11.2. The van der Waals surface area contributed by atoms with Crippen molar-refractivity contribution in [2.45, 2.75) is 26.0 Å². The molecule has 0 fully saturated rings. The quantitative estimate of drug-likeness (QED) is 0.796. The van der Waals surface area contributed by atoms with E-state index in [9.17, 15) is 4.79 Å². The molecular formula is C12H16N2O4. The van der Waals surface area contributed by atoms with Gasteiger partial charge in [-0.3, -0.25) is 4.79 Å². The van der Waals surface area contributed by atoms with Gasteiger partial charge in [-0.05, 0) is 12.5 Å². The maximum atomic E-state index is 11.2. The number of primary amides is 1. The van der Waals surface area contributed by atoms with Gasteiger partial charge in [0.2, 0.25) is 6.79 Å². The van der Waals surface area contributed by atoms with Gasteiger partial charge in [-0.1, -0.05) is 6.92 Å². The van der Waals surface area contributed by atoms with E-state index < -0.39 is 12.0 Å². The van der Waals surface area contributed by atoms with Crippen LogP contribution in [0.1, 0.15) is 18.9 Å². The summed E-state index contributed by atoms with van der Waals surface area (Å²) in [7, 11) is 0. The lowest BCUT2D eigenvalue weighted by atomic mass is 10.1. The number of hydrogen-bond donors (Lipinski definition) is 2. The summed E-state index contributed by atoms with van der Waals surface area (Å²) < 4.78 is 16.1. The summed E-state index contributed by atoms with van der Waals surface area (Å²) in [6.07, 6.45) is -0.177. The van der Waals surface area contributed by atoms with Gasteiger partial charge < -0.3 is 25.7 Å². The molecule has 0 aliphatic carbocycles. The first kappa shape index (κ1) is 12.5. The van der Waals surface area contributed by atoms with Crippen LogP contribution in [-0.2, 0) is 11.3 Å². The molecule has 0 bridgehead atoms. The molecule has 1 amide bonds. The number of hydrogen-bond acceptors (Lipinski definition) is 5. The minimum absolute atomic E-state index is 0.176. The molecule has 0 aromatic heterocycles. The molecule has 1 aliphatic heterocycles. The van der Waals surface area contributed by atoms with Gasteiger partial charge in [-0.15, -0.1) is 0 Å². The third kappa shape index (κ3) is 2.33. The van der Waals surface area contributed by atoms with Crippen molar-refractivity contribution in [1.82, 2.24) is 0 Å². The largest absolute Gasteiger partial charge is 0.480 e. The van der Waals surface area contributed by atoms with Crippen molar-refractivity contribution in [1.29, 1.82) is 0 Å². The van der Waals surface area contributed by atoms with E-state index in [1.54, 1.807) is 12.1 Å². The van der Waals surface area contributed by atoms with Crippen LogP contribution in [0.4, 0.5) is 0 Å². The molecule has 1 aromatic carbocycles. The number of ether oxygens (including phenoxy) is 3. The fourth-order valence-electron chi connectivity index (χ4n) is 1.73. The summed E-state index contributed by atoms with van der Waals surface area (Å²) in [5, 5.41) is 0. The van der Waals surface area contributed by atoms with Gasteiger partial charge in [0, 0.05) is 18.2 Å². The Labute approximate surface area is 105 Å². The van der Waals surface area contributed by atoms with E-state index in [1.807, 2.05) is 6.92 Å². The topological polar surface area (TPSA) is 96.8 Å². The van der Waals surface area contributed by atoms with Gasteiger partial charge in [0.15, 0.2) is 17.6 Å². The van der Waals surface area contributed by atoms with E-state index in [4.69, 9.17) is 25.7 Å². The van der Waals surface area contributed by atoms with Gasteiger partial charge in [-0.25, -0.2) is 0 Å². The van der Waals surface area contributed by atoms with Crippen LogP contribution < -0.4 is 25.7 Å². The first-order valence-corrected chi connectivity index (χ1v) is 5.74. The van der Waals surface area contributed by atoms with Gasteiger partial charge in [0.25, 0.3) is 5.91 Å². The lowest BCUT2D eigenvalue weighted by Crippen LogP contribution is -2.33. The first-order valence-electron chi connectivity index (χ1n) is 5.74. The van der Waals surface area contributed by atoms with Crippen molar-refractivity contribution in [2.24, 2.45) is 11.5 Å². The predicted molar refractivity (Wildman–Crippen MR) is 64.4 cm³/mol. The number of carbonyl (C=O) groups excluding carboxylic acids is 1. The van der Waals surface area contributed by atoms with Crippen molar-refractivity contribution >= 4 is 5.91 Å². The number of carbonyl (C=O) groups is 1. The van der Waals surface area contributed by atoms with Crippen molar-refractivity contribution < 1.29 is 19.0 Å². The zero-order chi connectivity index (χ0) is 13.1. The molecule has 0 spiro atoms. The molecule has 0 saturated heterocycles. The highest BCUT2D eigenvalue weighted by Crippen LogP contribution is 2.38. The summed E-state index contributed by atoms with van der Waals surface area (Å²) in [6.45, 7) is 2.28. The van der Waals surface area contributed by atoms with Crippen LogP contribution in [0, 0.1) is 0 Å². The van der Waals surface area contributed by atoms with E-state index >= 15 is 0 Å². The molecular weight excluding hydrogens is 236 g/mol. The van der Waals surface area contributed by atoms with Gasteiger partial charge in [-0.2, -0.15) is 0 Å². The van der Waals surface area contributed by atoms with Crippen LogP contribution in [-0.4, -0.2) is 18.8 Å². The Morgan fingerprint density at radius 2 is 2.11 bits per heavy atom. The maximum Gasteiger partial charge on any atom is 0.258 e. The van der Waals surface area contributed by atoms with Crippen LogP contribution in [0.25, 0.3) is 0 Å². The first-order chi connectivity index (χ1) is 8.65. The minimum Gasteiger partial charge on any atom is -0.480 e. The fraction of sp³-hybridized carbons (Fsp3) is 0.417. The Balaban J connectivity index is 2.29. The molecule has 0 radical (unpaired) electrons. The van der Waals surface area contributed by atoms with Crippen LogP contribution in [0.5, 0.6) is 17.2 Å². The second-order valence-corrected chi connectivity index (χ2v) is 3.93. The monoisotopic (exact) mass is 252 g/mol. The molecule has 1 heterocycles. The molecule has 1 atom stereocenters. The second kappa shape index (κ2) is 5.14. The third-order valence-electron chi connectivity index (χ3n) is 2.73. The number of benzene rings is 1. The smallest absolute Gasteiger partial charge is 0.258 e. The molecule has 18 heavy (non-hydrogen) atoms. The van der Waals surface area contributed by atoms with Crippen molar-refractivity contribution in [3.63, 3.8) is 0 Å². The van der Waals surface area contributed by atoms with Crippen LogP contribution in [0.3, 0.4) is 0 Å². The van der Waals surface area contributed by atoms with Crippen LogP contribution in [0.2, 0.25) is 0 Å². The molecule has 98 valence electrons. The van der Waals surface area contributed by atoms with Crippen molar-refractivity contribution in [2.75, 3.05) is 6.79 Å². The minimum atomic E-state index is -0.671. The van der Waals surface area contributed by atoms with E-state index in [2.05, 4.69) is 0 Å². The average Bonchev–Trinajstić information content (AvgIpc) is 2.81. The molecule has 6 heteroatoms. The average molecular weight is 252 g/mol. The van der Waals surface area contributed by atoms with E-state index in [0.29, 0.717) is 23.7 Å². The fourth-order valence-corrected chi connectivity index (χ4v) is 1.73. The zero-order valence-electron chi connectivity index (χ0n) is 10.1. The third-order valence-corrected chi connectivity index (χ3v) is 2.73. The predicted octanol–water partition coefficient (Wildman–Crippen LogP) is 0.517. The summed E-state index contributed by atoms with van der Waals surface area (Å²) >= 11 is 0. The molecule has 0 saturated carbocycles. The lowest BCUT2D eigenvalue weighted by Gasteiger charge is -2.17. The van der Waals surface area contributed by atoms with Gasteiger partial charge in [0.1, 0.15) is 5.75 Å². The van der Waals surface area contributed by atoms with Crippen LogP contribution >= 0.6 is 0 Å². The van der Waals surface area contributed by atoms with Gasteiger partial charge in [0.05, 0.1) is 0 Å². The zero-order valence-corrected chi connectivity index (χ0v) is 10.1. The van der Waals surface area contributed by atoms with Crippen molar-refractivity contribution in [3.8, 4) is 17.2 Å². The highest BCUT2D eigenvalue weighted by atomic mass is 16.7. The molecule has 1 aromatic rings. The summed E-state index contributed by atoms with van der Waals surface area (Å²) in [4.78, 5) is 11.2. The van der Waals surface area contributed by atoms with Crippen LogP contribution in [0.15, 0.2) is 12.1 Å². The SMILES string of the molecule is CCC(Oc1cc2c(cc1CN)OCO2)C(N)=O. The van der Waals surface area contributed by atoms with E-state index in [-0.39, 0.29) is 13.3 Å². The second-order valence-electron chi connectivity index (χ2n) is 3.93. The Kier molecular flexibility index (Phi) is 3.57. The van der Waals surface area contributed by atoms with E-state index in [0.717, 1.165) is 5.56 Å². The highest BCUT2D eigenvalue weighted by Gasteiger charge is 2.21. The molecule has 2 rings (SSSR count). The molecule has 4 N–H and O–H groups in total. The number of nitrogens with two attached hydrogens (primary N) is 2. The molecule has 1 aliphatic rings. The summed E-state index contributed by atoms with van der Waals surface area (Å²) in [5.41, 5.74) is 11.6. The Morgan fingerprint density at radius 1 is 1.44 bits per heavy atom. The van der Waals surface area contributed by atoms with E-state index in [1.165, 1.54) is 0 Å². The Bertz CT molecular complexity index is 462. The molecule has 1 unspecified atom stereocenters. The molecule has 6 nitrogen and oxygen atoms in total. The lowest BCUT2D eigenvalue weighted by molar-refractivity contribution is -0.124. The standard InChI is InChI=1S/C12H16N2O4/c1-2-8(12(14)15)18-9-4-11-10(16-6-17-11)3-7(9)5-13/h3-4,8H,2,5-6,13H2,1H3,(H2,14,15). The Morgan fingerprint density at radius 3 is 2.67 bits per heavy atom.